The zero-order chi connectivity index (χ0) is 21.8. The maximum absolute atomic E-state index is 12.9. The fraction of sp³-hybridized carbons (Fsp3) is 0.364. The van der Waals surface area contributed by atoms with Crippen molar-refractivity contribution in [2.75, 3.05) is 17.7 Å². The normalized spacial score (nSPS) is 18.6. The fourth-order valence-electron chi connectivity index (χ4n) is 3.94. The van der Waals surface area contributed by atoms with Gasteiger partial charge in [-0.05, 0) is 62.9 Å². The zero-order valence-corrected chi connectivity index (χ0v) is 17.9. The van der Waals surface area contributed by atoms with Crippen LogP contribution in [-0.4, -0.2) is 34.9 Å². The van der Waals surface area contributed by atoms with Crippen LogP contribution >= 0.6 is 11.6 Å². The predicted octanol–water partition coefficient (Wildman–Crippen LogP) is 4.24. The summed E-state index contributed by atoms with van der Waals surface area (Å²) in [4.78, 5) is 34.0. The molecule has 162 valence electrons. The molecule has 31 heavy (non-hydrogen) atoms. The minimum atomic E-state index is -0.530. The lowest BCUT2D eigenvalue weighted by atomic mass is 9.84. The molecule has 4 rings (SSSR count). The van der Waals surface area contributed by atoms with Crippen LogP contribution in [-0.2, 0) is 4.79 Å². The van der Waals surface area contributed by atoms with Crippen LogP contribution in [0.5, 0.6) is 0 Å². The highest BCUT2D eigenvalue weighted by Crippen LogP contribution is 2.31. The molecule has 0 spiro atoms. The van der Waals surface area contributed by atoms with Crippen LogP contribution < -0.4 is 16.0 Å². The number of amides is 2. The summed E-state index contributed by atoms with van der Waals surface area (Å²) >= 11 is 5.84. The zero-order valence-electron chi connectivity index (χ0n) is 17.2. The summed E-state index contributed by atoms with van der Waals surface area (Å²) in [7, 11) is 1.97. The van der Waals surface area contributed by atoms with Gasteiger partial charge >= 0.3 is 0 Å². The lowest BCUT2D eigenvalue weighted by Crippen LogP contribution is -2.31. The Morgan fingerprint density at radius 3 is 2.65 bits per heavy atom. The van der Waals surface area contributed by atoms with Crippen molar-refractivity contribution in [1.29, 1.82) is 0 Å². The number of anilines is 2. The van der Waals surface area contributed by atoms with Crippen LogP contribution in [0.2, 0.25) is 5.02 Å². The highest BCUT2D eigenvalue weighted by Gasteiger charge is 2.26. The first-order valence-corrected chi connectivity index (χ1v) is 10.7. The summed E-state index contributed by atoms with van der Waals surface area (Å²) in [6.07, 6.45) is 7.55. The molecule has 3 aromatic heterocycles. The van der Waals surface area contributed by atoms with Crippen molar-refractivity contribution in [3.8, 4) is 0 Å². The number of halogens is 1. The number of hydrogen-bond acceptors (Lipinski definition) is 6. The molecule has 0 radical (unpaired) electrons. The van der Waals surface area contributed by atoms with E-state index in [9.17, 15) is 9.59 Å². The van der Waals surface area contributed by atoms with Gasteiger partial charge in [0, 0.05) is 24.9 Å². The van der Waals surface area contributed by atoms with E-state index in [1.807, 2.05) is 7.05 Å². The van der Waals surface area contributed by atoms with Crippen molar-refractivity contribution in [2.24, 2.45) is 5.92 Å². The summed E-state index contributed by atoms with van der Waals surface area (Å²) in [5.41, 5.74) is 1.13. The second kappa shape index (κ2) is 9.45. The van der Waals surface area contributed by atoms with Crippen molar-refractivity contribution in [3.05, 3.63) is 47.4 Å². The van der Waals surface area contributed by atoms with E-state index < -0.39 is 5.91 Å². The Labute approximate surface area is 184 Å². The monoisotopic (exact) mass is 441 g/mol. The number of carbonyl (C=O) groups excluding carboxylic acids is 2. The van der Waals surface area contributed by atoms with E-state index in [1.54, 1.807) is 30.5 Å². The van der Waals surface area contributed by atoms with Gasteiger partial charge in [-0.15, -0.1) is 0 Å². The van der Waals surface area contributed by atoms with E-state index in [4.69, 9.17) is 16.0 Å². The minimum Gasteiger partial charge on any atom is -0.447 e. The molecule has 2 amide bonds. The molecule has 3 heterocycles. The van der Waals surface area contributed by atoms with Gasteiger partial charge in [0.2, 0.25) is 11.7 Å². The van der Waals surface area contributed by atoms with Gasteiger partial charge in [-0.3, -0.25) is 14.6 Å². The molecule has 9 heteroatoms. The first-order valence-electron chi connectivity index (χ1n) is 10.3. The fourth-order valence-corrected chi connectivity index (χ4v) is 4.05. The Hall–Kier alpha value is -2.97. The summed E-state index contributed by atoms with van der Waals surface area (Å²) in [6, 6.07) is 7.14. The Morgan fingerprint density at radius 1 is 1.13 bits per heavy atom. The molecule has 0 saturated heterocycles. The van der Waals surface area contributed by atoms with Crippen LogP contribution in [0.1, 0.15) is 42.7 Å². The maximum Gasteiger partial charge on any atom is 0.294 e. The number of fused-ring (bicyclic) bond motifs is 1. The molecule has 1 aliphatic rings. The van der Waals surface area contributed by atoms with Crippen LogP contribution in [0.4, 0.5) is 11.5 Å². The number of carbonyl (C=O) groups is 2. The Kier molecular flexibility index (Phi) is 6.48. The molecule has 1 fully saturated rings. The highest BCUT2D eigenvalue weighted by atomic mass is 35.5. The van der Waals surface area contributed by atoms with E-state index in [-0.39, 0.29) is 17.4 Å². The second-order valence-corrected chi connectivity index (χ2v) is 8.17. The summed E-state index contributed by atoms with van der Waals surface area (Å²) < 4.78 is 5.73. The average Bonchev–Trinajstić information content (AvgIpc) is 3.14. The molecule has 0 unspecified atom stereocenters. The highest BCUT2D eigenvalue weighted by molar-refractivity contribution is 6.30. The summed E-state index contributed by atoms with van der Waals surface area (Å²) in [5.74, 6) is -0.0528. The number of nitrogens with zero attached hydrogens (tertiary/aromatic N) is 2. The van der Waals surface area contributed by atoms with Gasteiger partial charge in [-0.2, -0.15) is 0 Å². The number of furan rings is 1. The largest absolute Gasteiger partial charge is 0.447 e. The Bertz CT molecular complexity index is 1070. The number of aromatic nitrogens is 2. The average molecular weight is 442 g/mol. The third-order valence-corrected chi connectivity index (χ3v) is 5.84. The number of nitrogens with one attached hydrogen (secondary N) is 3. The molecule has 8 nitrogen and oxygen atoms in total. The van der Waals surface area contributed by atoms with Gasteiger partial charge in [0.25, 0.3) is 5.91 Å². The molecule has 0 bridgehead atoms. The Balaban J connectivity index is 1.51. The molecule has 0 atom stereocenters. The van der Waals surface area contributed by atoms with E-state index in [0.717, 1.165) is 25.7 Å². The molecular weight excluding hydrogens is 418 g/mol. The van der Waals surface area contributed by atoms with Crippen molar-refractivity contribution in [3.63, 3.8) is 0 Å². The molecule has 3 N–H and O–H groups in total. The van der Waals surface area contributed by atoms with Gasteiger partial charge < -0.3 is 20.4 Å². The maximum atomic E-state index is 12.9. The van der Waals surface area contributed by atoms with Gasteiger partial charge in [0.05, 0.1) is 5.02 Å². The quantitative estimate of drug-likeness (QED) is 0.528. The molecule has 3 aromatic rings. The molecule has 0 aromatic carbocycles. The van der Waals surface area contributed by atoms with Gasteiger partial charge in [-0.1, -0.05) is 11.6 Å². The lowest BCUT2D eigenvalue weighted by Gasteiger charge is -2.27. The molecule has 0 aliphatic heterocycles. The van der Waals surface area contributed by atoms with Crippen molar-refractivity contribution in [2.45, 2.75) is 38.1 Å². The van der Waals surface area contributed by atoms with E-state index in [1.165, 1.54) is 6.20 Å². The van der Waals surface area contributed by atoms with Crippen molar-refractivity contribution in [1.82, 2.24) is 15.3 Å². The standard InChI is InChI=1S/C22H24ClN5O3/c1-24-15-7-4-13(5-8-15)11-18(29)28-20-19-16(3-2-10-25-19)31-21(20)22(30)27-17-9-6-14(23)12-26-17/h2-3,6,9-10,12-13,15,24H,4-5,7-8,11H2,1H3,(H,28,29)(H,26,27,30). The SMILES string of the molecule is CNC1CCC(CC(=O)Nc2c(C(=O)Nc3ccc(Cl)cn3)oc3cccnc23)CC1. The summed E-state index contributed by atoms with van der Waals surface area (Å²) in [6.45, 7) is 0. The van der Waals surface area contributed by atoms with Gasteiger partial charge in [-0.25, -0.2) is 4.98 Å². The Morgan fingerprint density at radius 2 is 1.94 bits per heavy atom. The first kappa shape index (κ1) is 21.3. The van der Waals surface area contributed by atoms with Crippen LogP contribution in [0.25, 0.3) is 11.1 Å². The smallest absolute Gasteiger partial charge is 0.294 e. The predicted molar refractivity (Wildman–Crippen MR) is 119 cm³/mol. The summed E-state index contributed by atoms with van der Waals surface area (Å²) in [5, 5.41) is 9.29. The van der Waals surface area contributed by atoms with Crippen LogP contribution in [0.3, 0.4) is 0 Å². The molecule has 1 aliphatic carbocycles. The van der Waals surface area contributed by atoms with E-state index in [2.05, 4.69) is 25.9 Å². The lowest BCUT2D eigenvalue weighted by molar-refractivity contribution is -0.117. The number of hydrogen-bond donors (Lipinski definition) is 3. The van der Waals surface area contributed by atoms with Crippen molar-refractivity contribution < 1.29 is 14.0 Å². The number of pyridine rings is 2. The third-order valence-electron chi connectivity index (χ3n) is 5.62. The third kappa shape index (κ3) is 5.03. The van der Waals surface area contributed by atoms with Crippen LogP contribution in [0.15, 0.2) is 41.1 Å². The van der Waals surface area contributed by atoms with Gasteiger partial charge in [0.1, 0.15) is 17.0 Å². The topological polar surface area (TPSA) is 109 Å². The second-order valence-electron chi connectivity index (χ2n) is 7.73. The molecular formula is C22H24ClN5O3. The first-order chi connectivity index (χ1) is 15.0. The van der Waals surface area contributed by atoms with E-state index >= 15 is 0 Å². The van der Waals surface area contributed by atoms with E-state index in [0.29, 0.717) is 40.3 Å². The minimum absolute atomic E-state index is 0.0160. The number of rotatable bonds is 6. The molecule has 1 saturated carbocycles. The van der Waals surface area contributed by atoms with Gasteiger partial charge in [0.15, 0.2) is 5.58 Å². The van der Waals surface area contributed by atoms with Crippen LogP contribution in [0, 0.1) is 5.92 Å². The van der Waals surface area contributed by atoms with Crippen molar-refractivity contribution >= 4 is 46.0 Å².